The Hall–Kier alpha value is -0.870. The van der Waals surface area contributed by atoms with E-state index in [1.807, 2.05) is 11.3 Å². The highest BCUT2D eigenvalue weighted by Crippen LogP contribution is 2.40. The zero-order valence-corrected chi connectivity index (χ0v) is 13.3. The molecule has 2 heterocycles. The summed E-state index contributed by atoms with van der Waals surface area (Å²) in [7, 11) is 0. The number of nitrogens with two attached hydrogens (primary N) is 1. The van der Waals surface area contributed by atoms with E-state index in [0.717, 1.165) is 45.2 Å². The fraction of sp³-hybridized carbons (Fsp3) is 0.706. The lowest BCUT2D eigenvalue weighted by molar-refractivity contribution is -0.132. The average molecular weight is 304 g/mol. The molecular formula is C17H24N2OS. The minimum absolute atomic E-state index is 0.133. The Kier molecular flexibility index (Phi) is 3.54. The quantitative estimate of drug-likeness (QED) is 0.867. The normalized spacial score (nSPS) is 35.4. The molecule has 1 aliphatic heterocycles. The number of thiophene rings is 1. The van der Waals surface area contributed by atoms with Crippen LogP contribution in [0.2, 0.25) is 0 Å². The van der Waals surface area contributed by atoms with Gasteiger partial charge in [-0.25, -0.2) is 0 Å². The van der Waals surface area contributed by atoms with Crippen LogP contribution in [0.4, 0.5) is 0 Å². The first-order valence-electron chi connectivity index (χ1n) is 8.33. The zero-order chi connectivity index (χ0) is 14.4. The molecule has 3 aliphatic rings. The third-order valence-electron chi connectivity index (χ3n) is 5.75. The van der Waals surface area contributed by atoms with Gasteiger partial charge in [0.25, 0.3) is 0 Å². The summed E-state index contributed by atoms with van der Waals surface area (Å²) in [6, 6.07) is 2.54. The first-order chi connectivity index (χ1) is 10.2. The maximum absolute atomic E-state index is 13.0. The molecule has 1 aromatic heterocycles. The van der Waals surface area contributed by atoms with Crippen molar-refractivity contribution in [1.82, 2.24) is 4.90 Å². The summed E-state index contributed by atoms with van der Waals surface area (Å²) >= 11 is 1.82. The summed E-state index contributed by atoms with van der Waals surface area (Å²) < 4.78 is 0. The van der Waals surface area contributed by atoms with Gasteiger partial charge in [0.15, 0.2) is 0 Å². The second-order valence-corrected chi connectivity index (χ2v) is 8.08. The van der Waals surface area contributed by atoms with E-state index >= 15 is 0 Å². The lowest BCUT2D eigenvalue weighted by atomic mass is 9.79. The molecule has 4 heteroatoms. The molecule has 2 N–H and O–H groups in total. The van der Waals surface area contributed by atoms with Gasteiger partial charge in [0.2, 0.25) is 5.91 Å². The van der Waals surface area contributed by atoms with E-state index in [1.54, 1.807) is 0 Å². The molecule has 1 saturated carbocycles. The lowest BCUT2D eigenvalue weighted by Crippen LogP contribution is -2.35. The summed E-state index contributed by atoms with van der Waals surface area (Å²) in [6.07, 6.45) is 6.83. The number of aryl methyl sites for hydroxylation is 1. The standard InChI is InChI=1S/C17H24N2OS/c18-13-5-4-11-9-19(10-12(11)8-13)17(20)15-2-1-3-16-14(15)6-7-21-16/h6-7,11-13,15H,1-5,8-10,18H2/t11-,12+,13?,15?/m1/s1. The van der Waals surface area contributed by atoms with E-state index in [-0.39, 0.29) is 5.92 Å². The zero-order valence-electron chi connectivity index (χ0n) is 12.5. The maximum Gasteiger partial charge on any atom is 0.230 e. The van der Waals surface area contributed by atoms with Gasteiger partial charge in [-0.1, -0.05) is 0 Å². The molecular weight excluding hydrogens is 280 g/mol. The van der Waals surface area contributed by atoms with Crippen molar-refractivity contribution >= 4 is 17.2 Å². The Labute approximate surface area is 130 Å². The van der Waals surface area contributed by atoms with Gasteiger partial charge in [-0.3, -0.25) is 4.79 Å². The molecule has 21 heavy (non-hydrogen) atoms. The predicted octanol–water partition coefficient (Wildman–Crippen LogP) is 2.75. The molecule has 2 aliphatic carbocycles. The Bertz CT molecular complexity index is 541. The third-order valence-corrected chi connectivity index (χ3v) is 6.75. The van der Waals surface area contributed by atoms with Gasteiger partial charge in [0.1, 0.15) is 0 Å². The van der Waals surface area contributed by atoms with Crippen molar-refractivity contribution in [1.29, 1.82) is 0 Å². The number of rotatable bonds is 1. The highest BCUT2D eigenvalue weighted by atomic mass is 32.1. The summed E-state index contributed by atoms with van der Waals surface area (Å²) in [5.74, 6) is 1.88. The fourth-order valence-electron chi connectivity index (χ4n) is 4.61. The van der Waals surface area contributed by atoms with Crippen LogP contribution in [-0.2, 0) is 11.2 Å². The van der Waals surface area contributed by atoms with Crippen LogP contribution in [0.25, 0.3) is 0 Å². The van der Waals surface area contributed by atoms with Crippen LogP contribution in [-0.4, -0.2) is 29.9 Å². The van der Waals surface area contributed by atoms with Crippen LogP contribution in [0, 0.1) is 11.8 Å². The SMILES string of the molecule is NC1CC[C@@H]2CN(C(=O)C3CCCc4sccc43)C[C@@H]2C1. The molecule has 3 nitrogen and oxygen atoms in total. The molecule has 4 atom stereocenters. The first-order valence-corrected chi connectivity index (χ1v) is 9.21. The van der Waals surface area contributed by atoms with Crippen molar-refractivity contribution in [3.8, 4) is 0 Å². The second-order valence-electron chi connectivity index (χ2n) is 7.08. The number of nitrogens with zero attached hydrogens (tertiary/aromatic N) is 1. The van der Waals surface area contributed by atoms with E-state index in [4.69, 9.17) is 5.73 Å². The van der Waals surface area contributed by atoms with Gasteiger partial charge >= 0.3 is 0 Å². The summed E-state index contributed by atoms with van der Waals surface area (Å²) in [6.45, 7) is 1.93. The fourth-order valence-corrected chi connectivity index (χ4v) is 5.60. The minimum atomic E-state index is 0.133. The number of amides is 1. The molecule has 2 fully saturated rings. The Morgan fingerprint density at radius 1 is 1.24 bits per heavy atom. The van der Waals surface area contributed by atoms with E-state index in [1.165, 1.54) is 16.9 Å². The van der Waals surface area contributed by atoms with Crippen LogP contribution in [0.15, 0.2) is 11.4 Å². The predicted molar refractivity (Wildman–Crippen MR) is 85.4 cm³/mol. The minimum Gasteiger partial charge on any atom is -0.342 e. The Balaban J connectivity index is 1.50. The van der Waals surface area contributed by atoms with Crippen LogP contribution in [0.3, 0.4) is 0 Å². The van der Waals surface area contributed by atoms with Gasteiger partial charge in [-0.05, 0) is 67.4 Å². The van der Waals surface area contributed by atoms with Gasteiger partial charge in [-0.2, -0.15) is 0 Å². The summed E-state index contributed by atoms with van der Waals surface area (Å²) in [5, 5.41) is 2.15. The Morgan fingerprint density at radius 2 is 2.10 bits per heavy atom. The van der Waals surface area contributed by atoms with Crippen molar-refractivity contribution in [2.24, 2.45) is 17.6 Å². The van der Waals surface area contributed by atoms with E-state index < -0.39 is 0 Å². The number of fused-ring (bicyclic) bond motifs is 2. The van der Waals surface area contributed by atoms with Crippen LogP contribution >= 0.6 is 11.3 Å². The molecule has 0 bridgehead atoms. The number of carbonyl (C=O) groups is 1. The topological polar surface area (TPSA) is 46.3 Å². The van der Waals surface area contributed by atoms with Crippen LogP contribution < -0.4 is 5.73 Å². The molecule has 114 valence electrons. The van der Waals surface area contributed by atoms with Crippen molar-refractivity contribution < 1.29 is 4.79 Å². The molecule has 2 unspecified atom stereocenters. The molecule has 1 saturated heterocycles. The van der Waals surface area contributed by atoms with Crippen molar-refractivity contribution in [3.63, 3.8) is 0 Å². The number of hydrogen-bond acceptors (Lipinski definition) is 3. The number of likely N-dealkylation sites (tertiary alicyclic amines) is 1. The highest BCUT2D eigenvalue weighted by Gasteiger charge is 2.41. The van der Waals surface area contributed by atoms with E-state index in [0.29, 0.717) is 23.8 Å². The molecule has 1 aromatic rings. The number of carbonyl (C=O) groups excluding carboxylic acids is 1. The van der Waals surface area contributed by atoms with Crippen molar-refractivity contribution in [2.75, 3.05) is 13.1 Å². The number of hydrogen-bond donors (Lipinski definition) is 1. The Morgan fingerprint density at radius 3 is 3.00 bits per heavy atom. The van der Waals surface area contributed by atoms with Crippen LogP contribution in [0.5, 0.6) is 0 Å². The molecule has 4 rings (SSSR count). The maximum atomic E-state index is 13.0. The largest absolute Gasteiger partial charge is 0.342 e. The molecule has 0 radical (unpaired) electrons. The smallest absolute Gasteiger partial charge is 0.230 e. The van der Waals surface area contributed by atoms with Crippen molar-refractivity contribution in [3.05, 3.63) is 21.9 Å². The van der Waals surface area contributed by atoms with Gasteiger partial charge in [0.05, 0.1) is 5.92 Å². The molecule has 1 amide bonds. The van der Waals surface area contributed by atoms with Gasteiger partial charge < -0.3 is 10.6 Å². The highest BCUT2D eigenvalue weighted by molar-refractivity contribution is 7.10. The van der Waals surface area contributed by atoms with Gasteiger partial charge in [0, 0.05) is 24.0 Å². The monoisotopic (exact) mass is 304 g/mol. The van der Waals surface area contributed by atoms with Crippen molar-refractivity contribution in [2.45, 2.75) is 50.5 Å². The lowest BCUT2D eigenvalue weighted by Gasteiger charge is -2.27. The summed E-state index contributed by atoms with van der Waals surface area (Å²) in [5.41, 5.74) is 7.42. The average Bonchev–Trinajstić information content (AvgIpc) is 3.11. The van der Waals surface area contributed by atoms with E-state index in [2.05, 4.69) is 16.3 Å². The summed E-state index contributed by atoms with van der Waals surface area (Å²) in [4.78, 5) is 16.6. The first kappa shape index (κ1) is 13.8. The van der Waals surface area contributed by atoms with E-state index in [9.17, 15) is 4.79 Å². The third kappa shape index (κ3) is 2.42. The van der Waals surface area contributed by atoms with Crippen LogP contribution in [0.1, 0.15) is 48.5 Å². The van der Waals surface area contributed by atoms with Gasteiger partial charge in [-0.15, -0.1) is 11.3 Å². The molecule has 0 spiro atoms. The second kappa shape index (κ2) is 5.40. The molecule has 0 aromatic carbocycles.